The van der Waals surface area contributed by atoms with E-state index in [9.17, 15) is 9.59 Å². The molecule has 2 aromatic rings. The first-order valence-corrected chi connectivity index (χ1v) is 11.6. The molecule has 1 aliphatic heterocycles. The van der Waals surface area contributed by atoms with Crippen molar-refractivity contribution >= 4 is 23.1 Å². The molecule has 4 nitrogen and oxygen atoms in total. The summed E-state index contributed by atoms with van der Waals surface area (Å²) in [5.74, 6) is -0.235. The molecule has 0 spiro atoms. The monoisotopic (exact) mass is 430 g/mol. The molecular weight excluding hydrogens is 396 g/mol. The topological polar surface area (TPSA) is 49.4 Å². The number of carbonyl (C=O) groups excluding carboxylic acids is 2. The minimum Gasteiger partial charge on any atom is -0.357 e. The number of carbonyl (C=O) groups is 2. The lowest BCUT2D eigenvalue weighted by Crippen LogP contribution is -2.43. The van der Waals surface area contributed by atoms with Crippen LogP contribution in [0.2, 0.25) is 0 Å². The highest BCUT2D eigenvalue weighted by atomic mass is 16.2. The largest absolute Gasteiger partial charge is 0.357 e. The number of amides is 1. The summed E-state index contributed by atoms with van der Waals surface area (Å²) in [6.45, 7) is 12.6. The number of hydrogen-bond acceptors (Lipinski definition) is 3. The van der Waals surface area contributed by atoms with Crippen molar-refractivity contribution in [3.05, 3.63) is 71.4 Å². The van der Waals surface area contributed by atoms with Crippen LogP contribution in [-0.2, 0) is 15.0 Å². The van der Waals surface area contributed by atoms with Crippen LogP contribution < -0.4 is 10.2 Å². The average Bonchev–Trinajstić information content (AvgIpc) is 2.86. The molecule has 0 fully saturated rings. The van der Waals surface area contributed by atoms with Crippen LogP contribution >= 0.6 is 0 Å². The summed E-state index contributed by atoms with van der Waals surface area (Å²) < 4.78 is 0. The third-order valence-electron chi connectivity index (χ3n) is 6.58. The fourth-order valence-corrected chi connectivity index (χ4v) is 4.98. The van der Waals surface area contributed by atoms with Crippen LogP contribution in [0.25, 0.3) is 0 Å². The number of ketones is 1. The van der Waals surface area contributed by atoms with Crippen molar-refractivity contribution in [2.75, 3.05) is 10.2 Å². The van der Waals surface area contributed by atoms with Crippen molar-refractivity contribution < 1.29 is 9.59 Å². The molecule has 2 aliphatic rings. The average molecular weight is 431 g/mol. The van der Waals surface area contributed by atoms with Gasteiger partial charge in [0, 0.05) is 18.5 Å². The molecule has 1 N–H and O–H groups in total. The fraction of sp³-hybridized carbons (Fsp3) is 0.429. The second-order valence-electron chi connectivity index (χ2n) is 10.8. The molecule has 4 heteroatoms. The first-order chi connectivity index (χ1) is 15.0. The van der Waals surface area contributed by atoms with E-state index in [4.69, 9.17) is 0 Å². The Morgan fingerprint density at radius 3 is 2.38 bits per heavy atom. The zero-order valence-electron chi connectivity index (χ0n) is 20.0. The van der Waals surface area contributed by atoms with E-state index >= 15 is 0 Å². The smallest absolute Gasteiger partial charge is 0.227 e. The lowest BCUT2D eigenvalue weighted by Gasteiger charge is -2.39. The second kappa shape index (κ2) is 7.91. The maximum absolute atomic E-state index is 13.6. The molecule has 0 unspecified atom stereocenters. The van der Waals surface area contributed by atoms with Gasteiger partial charge in [0.05, 0.1) is 23.3 Å². The molecule has 4 rings (SSSR count). The number of hydrogen-bond donors (Lipinski definition) is 1. The quantitative estimate of drug-likeness (QED) is 0.600. The van der Waals surface area contributed by atoms with E-state index in [-0.39, 0.29) is 28.6 Å². The summed E-state index contributed by atoms with van der Waals surface area (Å²) in [6, 6.07) is 15.9. The molecule has 0 saturated heterocycles. The second-order valence-corrected chi connectivity index (χ2v) is 10.8. The summed E-state index contributed by atoms with van der Waals surface area (Å²) in [7, 11) is 0. The van der Waals surface area contributed by atoms with E-state index in [1.54, 1.807) is 0 Å². The summed E-state index contributed by atoms with van der Waals surface area (Å²) in [4.78, 5) is 28.8. The number of benzene rings is 2. The van der Waals surface area contributed by atoms with Crippen LogP contribution in [0, 0.1) is 11.3 Å². The number of nitrogens with one attached hydrogen (secondary N) is 1. The van der Waals surface area contributed by atoms with Gasteiger partial charge in [-0.25, -0.2) is 0 Å². The molecule has 1 aliphatic carbocycles. The van der Waals surface area contributed by atoms with E-state index < -0.39 is 5.92 Å². The Labute approximate surface area is 191 Å². The van der Waals surface area contributed by atoms with E-state index in [0.717, 1.165) is 22.6 Å². The highest BCUT2D eigenvalue weighted by Crippen LogP contribution is 2.48. The number of anilines is 2. The van der Waals surface area contributed by atoms with Crippen molar-refractivity contribution in [2.24, 2.45) is 11.3 Å². The van der Waals surface area contributed by atoms with Crippen LogP contribution in [-0.4, -0.2) is 11.7 Å². The number of nitrogens with zero attached hydrogens (tertiary/aromatic N) is 1. The highest BCUT2D eigenvalue weighted by molar-refractivity contribution is 6.01. The van der Waals surface area contributed by atoms with Gasteiger partial charge in [-0.15, -0.1) is 0 Å². The Balaban J connectivity index is 1.96. The third kappa shape index (κ3) is 3.99. The number of rotatable bonds is 2. The van der Waals surface area contributed by atoms with Gasteiger partial charge in [-0.05, 0) is 34.1 Å². The Hall–Kier alpha value is -2.88. The molecule has 2 atom stereocenters. The summed E-state index contributed by atoms with van der Waals surface area (Å²) >= 11 is 0. The van der Waals surface area contributed by atoms with Crippen molar-refractivity contribution in [1.29, 1.82) is 0 Å². The lowest BCUT2D eigenvalue weighted by atomic mass is 9.72. The maximum atomic E-state index is 13.6. The number of para-hydroxylation sites is 2. The zero-order chi connectivity index (χ0) is 23.3. The predicted octanol–water partition coefficient (Wildman–Crippen LogP) is 6.39. The van der Waals surface area contributed by atoms with E-state index in [0.29, 0.717) is 12.8 Å². The SMILES string of the molecule is CCC(=O)N1c2ccccc2NC2=CC(C)(C)CC(=O)[C@H]2[C@@H]1c1ccc(C(C)(C)C)cc1. The fourth-order valence-electron chi connectivity index (χ4n) is 4.98. The maximum Gasteiger partial charge on any atom is 0.227 e. The first-order valence-electron chi connectivity index (χ1n) is 11.6. The molecule has 1 amide bonds. The van der Waals surface area contributed by atoms with Crippen LogP contribution in [0.15, 0.2) is 60.3 Å². The minimum atomic E-state index is -0.425. The van der Waals surface area contributed by atoms with E-state index in [1.165, 1.54) is 5.56 Å². The number of fused-ring (bicyclic) bond motifs is 2. The van der Waals surface area contributed by atoms with Crippen molar-refractivity contribution in [1.82, 2.24) is 0 Å². The molecule has 168 valence electrons. The van der Waals surface area contributed by atoms with Gasteiger partial charge in [-0.2, -0.15) is 0 Å². The van der Waals surface area contributed by atoms with Crippen molar-refractivity contribution in [2.45, 2.75) is 65.8 Å². The van der Waals surface area contributed by atoms with Crippen LogP contribution in [0.5, 0.6) is 0 Å². The van der Waals surface area contributed by atoms with Crippen LogP contribution in [0.4, 0.5) is 11.4 Å². The minimum absolute atomic E-state index is 0.0167. The van der Waals surface area contributed by atoms with Gasteiger partial charge in [-0.3, -0.25) is 9.59 Å². The predicted molar refractivity (Wildman–Crippen MR) is 131 cm³/mol. The Morgan fingerprint density at radius 2 is 1.75 bits per heavy atom. The van der Waals surface area contributed by atoms with E-state index in [2.05, 4.69) is 70.3 Å². The van der Waals surface area contributed by atoms with Gasteiger partial charge in [-0.1, -0.05) is 84.0 Å². The van der Waals surface area contributed by atoms with Crippen molar-refractivity contribution in [3.63, 3.8) is 0 Å². The molecule has 0 radical (unpaired) electrons. The highest BCUT2D eigenvalue weighted by Gasteiger charge is 2.45. The van der Waals surface area contributed by atoms with Gasteiger partial charge in [0.25, 0.3) is 0 Å². The van der Waals surface area contributed by atoms with Crippen LogP contribution in [0.1, 0.15) is 71.6 Å². The number of allylic oxidation sites excluding steroid dienone is 1. The van der Waals surface area contributed by atoms with Gasteiger partial charge in [0.1, 0.15) is 5.78 Å². The number of Topliss-reactive ketones (excluding diaryl/α,β-unsaturated/α-hetero) is 1. The Bertz CT molecular complexity index is 1070. The molecule has 1 heterocycles. The molecule has 0 bridgehead atoms. The summed E-state index contributed by atoms with van der Waals surface area (Å²) in [5.41, 5.74) is 4.61. The first kappa shape index (κ1) is 22.3. The third-order valence-corrected chi connectivity index (χ3v) is 6.58. The molecule has 0 aromatic heterocycles. The summed E-state index contributed by atoms with van der Waals surface area (Å²) in [6.07, 6.45) is 3.02. The van der Waals surface area contributed by atoms with Crippen molar-refractivity contribution in [3.8, 4) is 0 Å². The molecular formula is C28H34N2O2. The molecule has 2 aromatic carbocycles. The Kier molecular flexibility index (Phi) is 5.52. The van der Waals surface area contributed by atoms with Gasteiger partial charge >= 0.3 is 0 Å². The Morgan fingerprint density at radius 1 is 1.09 bits per heavy atom. The lowest BCUT2D eigenvalue weighted by molar-refractivity contribution is -0.125. The van der Waals surface area contributed by atoms with Crippen LogP contribution in [0.3, 0.4) is 0 Å². The standard InChI is InChI=1S/C28H34N2O2/c1-7-24(32)30-22-11-9-8-10-20(22)29-21-16-28(5,6)17-23(31)25(21)26(30)18-12-14-19(15-13-18)27(2,3)4/h8-16,25-26,29H,7,17H2,1-6H3/t25-,26-/m0/s1. The normalized spacial score (nSPS) is 22.2. The van der Waals surface area contributed by atoms with E-state index in [1.807, 2.05) is 36.1 Å². The van der Waals surface area contributed by atoms with Gasteiger partial charge < -0.3 is 10.2 Å². The molecule has 0 saturated carbocycles. The summed E-state index contributed by atoms with van der Waals surface area (Å²) in [5, 5.41) is 3.54. The van der Waals surface area contributed by atoms with Gasteiger partial charge in [0.15, 0.2) is 0 Å². The van der Waals surface area contributed by atoms with Gasteiger partial charge in [0.2, 0.25) is 5.91 Å². The molecule has 32 heavy (non-hydrogen) atoms. The zero-order valence-corrected chi connectivity index (χ0v) is 20.0.